The summed E-state index contributed by atoms with van der Waals surface area (Å²) in [6.45, 7) is 4.32. The molecule has 0 bridgehead atoms. The second kappa shape index (κ2) is 5.59. The third-order valence-corrected chi connectivity index (χ3v) is 3.99. The van der Waals surface area contributed by atoms with E-state index in [1.54, 1.807) is 4.90 Å². The molecule has 2 aromatic rings. The molecule has 0 aliphatic carbocycles. The molecule has 21 heavy (non-hydrogen) atoms. The summed E-state index contributed by atoms with van der Waals surface area (Å²) in [5, 5.41) is 0. The number of amides is 1. The van der Waals surface area contributed by atoms with E-state index in [0.29, 0.717) is 12.2 Å². The number of hydrogen-bond donors (Lipinski definition) is 2. The summed E-state index contributed by atoms with van der Waals surface area (Å²) in [5.41, 5.74) is -0.0343. The lowest BCUT2D eigenvalue weighted by molar-refractivity contribution is 0.0698. The highest BCUT2D eigenvalue weighted by atomic mass is 16.2. The summed E-state index contributed by atoms with van der Waals surface area (Å²) in [7, 11) is 0. The van der Waals surface area contributed by atoms with Gasteiger partial charge in [-0.05, 0) is 19.8 Å². The topological polar surface area (TPSA) is 86.8 Å². The zero-order valence-corrected chi connectivity index (χ0v) is 12.0. The summed E-state index contributed by atoms with van der Waals surface area (Å²) in [6.07, 6.45) is 7.19. The van der Waals surface area contributed by atoms with Gasteiger partial charge in [0.2, 0.25) is 0 Å². The molecule has 112 valence electrons. The Bertz CT molecular complexity index is 683. The van der Waals surface area contributed by atoms with Gasteiger partial charge in [0.15, 0.2) is 0 Å². The molecule has 1 saturated heterocycles. The molecule has 1 unspecified atom stereocenters. The number of likely N-dealkylation sites (tertiary alicyclic amines) is 1. The number of imidazole rings is 2. The van der Waals surface area contributed by atoms with Crippen molar-refractivity contribution >= 4 is 5.91 Å². The van der Waals surface area contributed by atoms with Crippen molar-refractivity contribution < 1.29 is 4.79 Å². The van der Waals surface area contributed by atoms with Crippen molar-refractivity contribution in [2.24, 2.45) is 0 Å². The molecule has 2 aromatic heterocycles. The van der Waals surface area contributed by atoms with Gasteiger partial charge >= 0.3 is 5.69 Å². The molecular weight excluding hydrogens is 270 g/mol. The zero-order chi connectivity index (χ0) is 14.8. The summed E-state index contributed by atoms with van der Waals surface area (Å²) in [4.78, 5) is 34.7. The van der Waals surface area contributed by atoms with Crippen molar-refractivity contribution in [1.29, 1.82) is 0 Å². The van der Waals surface area contributed by atoms with Crippen LogP contribution in [-0.2, 0) is 6.54 Å². The molecule has 0 radical (unpaired) electrons. The van der Waals surface area contributed by atoms with Gasteiger partial charge in [-0.25, -0.2) is 9.78 Å². The van der Waals surface area contributed by atoms with Crippen molar-refractivity contribution in [3.63, 3.8) is 0 Å². The monoisotopic (exact) mass is 289 g/mol. The van der Waals surface area contributed by atoms with Crippen LogP contribution in [0.15, 0.2) is 23.4 Å². The first-order valence-corrected chi connectivity index (χ1v) is 7.27. The zero-order valence-electron chi connectivity index (χ0n) is 12.0. The Morgan fingerprint density at radius 1 is 1.52 bits per heavy atom. The Kier molecular flexibility index (Phi) is 3.64. The van der Waals surface area contributed by atoms with E-state index in [1.165, 1.54) is 6.20 Å². The van der Waals surface area contributed by atoms with E-state index < -0.39 is 0 Å². The van der Waals surface area contributed by atoms with Gasteiger partial charge in [-0.2, -0.15) is 0 Å². The molecule has 1 amide bonds. The van der Waals surface area contributed by atoms with Gasteiger partial charge in [-0.3, -0.25) is 4.79 Å². The van der Waals surface area contributed by atoms with Crippen molar-refractivity contribution in [3.8, 4) is 0 Å². The smallest absolute Gasteiger partial charge is 0.323 e. The number of piperidine rings is 1. The van der Waals surface area contributed by atoms with Crippen molar-refractivity contribution in [2.45, 2.75) is 32.2 Å². The number of aryl methyl sites for hydroxylation is 1. The fourth-order valence-corrected chi connectivity index (χ4v) is 2.94. The minimum Gasteiger partial charge on any atom is -0.337 e. The average Bonchev–Trinajstić information content (AvgIpc) is 3.15. The predicted molar refractivity (Wildman–Crippen MR) is 77.2 cm³/mol. The highest BCUT2D eigenvalue weighted by molar-refractivity contribution is 5.92. The Labute approximate surface area is 122 Å². The van der Waals surface area contributed by atoms with E-state index in [0.717, 1.165) is 31.8 Å². The lowest BCUT2D eigenvalue weighted by Gasteiger charge is -2.32. The highest BCUT2D eigenvalue weighted by Gasteiger charge is 2.28. The van der Waals surface area contributed by atoms with E-state index >= 15 is 0 Å². The maximum Gasteiger partial charge on any atom is 0.323 e. The summed E-state index contributed by atoms with van der Waals surface area (Å²) in [5.74, 6) is 1.16. The molecular formula is C14H19N5O2. The maximum atomic E-state index is 12.4. The van der Waals surface area contributed by atoms with Crippen LogP contribution in [0.1, 0.15) is 42.0 Å². The van der Waals surface area contributed by atoms with Crippen molar-refractivity contribution in [2.75, 3.05) is 13.1 Å². The van der Waals surface area contributed by atoms with Crippen LogP contribution in [0.25, 0.3) is 0 Å². The largest absolute Gasteiger partial charge is 0.337 e. The number of rotatable bonds is 3. The van der Waals surface area contributed by atoms with Gasteiger partial charge in [0.25, 0.3) is 5.91 Å². The van der Waals surface area contributed by atoms with Crippen LogP contribution in [-0.4, -0.2) is 43.4 Å². The maximum absolute atomic E-state index is 12.4. The van der Waals surface area contributed by atoms with Crippen LogP contribution in [0.5, 0.6) is 0 Å². The van der Waals surface area contributed by atoms with Gasteiger partial charge in [0, 0.05) is 44.1 Å². The van der Waals surface area contributed by atoms with Crippen LogP contribution in [0.2, 0.25) is 0 Å². The third-order valence-electron chi connectivity index (χ3n) is 3.99. The Morgan fingerprint density at radius 2 is 2.38 bits per heavy atom. The Hall–Kier alpha value is -2.31. The Morgan fingerprint density at radius 3 is 3.10 bits per heavy atom. The predicted octanol–water partition coefficient (Wildman–Crippen LogP) is 0.939. The van der Waals surface area contributed by atoms with Crippen LogP contribution in [0, 0.1) is 0 Å². The standard InChI is InChI=1S/C14H19N5O2/c1-2-18-7-5-15-12(18)10-4-3-6-19(9-10)13(20)11-8-16-14(21)17-11/h5,7-8,10H,2-4,6,9H2,1H3,(H2,16,17,21). The molecule has 2 N–H and O–H groups in total. The Balaban J connectivity index is 1.77. The SMILES string of the molecule is CCn1ccnc1C1CCCN(C(=O)c2c[nH]c(=O)[nH]2)C1. The average molecular weight is 289 g/mol. The van der Waals surface area contributed by atoms with E-state index in [4.69, 9.17) is 0 Å². The molecule has 1 aliphatic rings. The van der Waals surface area contributed by atoms with Crippen molar-refractivity contribution in [1.82, 2.24) is 24.4 Å². The minimum absolute atomic E-state index is 0.132. The molecule has 0 aromatic carbocycles. The van der Waals surface area contributed by atoms with Gasteiger partial charge < -0.3 is 19.4 Å². The second-order valence-corrected chi connectivity index (χ2v) is 5.32. The van der Waals surface area contributed by atoms with Gasteiger partial charge in [0.1, 0.15) is 11.5 Å². The first-order chi connectivity index (χ1) is 10.2. The number of hydrogen-bond acceptors (Lipinski definition) is 3. The number of carbonyl (C=O) groups excluding carboxylic acids is 1. The van der Waals surface area contributed by atoms with Crippen LogP contribution in [0.4, 0.5) is 0 Å². The van der Waals surface area contributed by atoms with Gasteiger partial charge in [-0.15, -0.1) is 0 Å². The summed E-state index contributed by atoms with van der Waals surface area (Å²) < 4.78 is 2.12. The van der Waals surface area contributed by atoms with E-state index in [1.807, 2.05) is 12.4 Å². The molecule has 3 heterocycles. The number of carbonyl (C=O) groups is 1. The van der Waals surface area contributed by atoms with E-state index in [2.05, 4.69) is 26.4 Å². The number of aromatic nitrogens is 4. The third kappa shape index (κ3) is 2.63. The number of nitrogens with zero attached hydrogens (tertiary/aromatic N) is 3. The molecule has 0 spiro atoms. The summed E-state index contributed by atoms with van der Waals surface area (Å²) >= 11 is 0. The quantitative estimate of drug-likeness (QED) is 0.881. The molecule has 1 atom stereocenters. The first-order valence-electron chi connectivity index (χ1n) is 7.27. The fourth-order valence-electron chi connectivity index (χ4n) is 2.94. The molecule has 0 saturated carbocycles. The second-order valence-electron chi connectivity index (χ2n) is 5.32. The summed E-state index contributed by atoms with van der Waals surface area (Å²) in [6, 6.07) is 0. The van der Waals surface area contributed by atoms with E-state index in [9.17, 15) is 9.59 Å². The fraction of sp³-hybridized carbons (Fsp3) is 0.500. The van der Waals surface area contributed by atoms with Crippen LogP contribution < -0.4 is 5.69 Å². The van der Waals surface area contributed by atoms with Crippen molar-refractivity contribution in [3.05, 3.63) is 40.6 Å². The molecule has 7 heteroatoms. The lowest BCUT2D eigenvalue weighted by Crippen LogP contribution is -2.40. The first kappa shape index (κ1) is 13.7. The van der Waals surface area contributed by atoms with Gasteiger partial charge in [0.05, 0.1) is 0 Å². The lowest BCUT2D eigenvalue weighted by atomic mass is 9.97. The molecule has 1 fully saturated rings. The van der Waals surface area contributed by atoms with E-state index in [-0.39, 0.29) is 17.5 Å². The van der Waals surface area contributed by atoms with Gasteiger partial charge in [-0.1, -0.05) is 0 Å². The molecule has 3 rings (SSSR count). The normalized spacial score (nSPS) is 18.9. The number of aromatic amines is 2. The number of H-pyrrole nitrogens is 2. The molecule has 1 aliphatic heterocycles. The number of nitrogens with one attached hydrogen (secondary N) is 2. The highest BCUT2D eigenvalue weighted by Crippen LogP contribution is 2.26. The molecule has 7 nitrogen and oxygen atoms in total. The van der Waals surface area contributed by atoms with Crippen LogP contribution >= 0.6 is 0 Å². The van der Waals surface area contributed by atoms with Crippen LogP contribution in [0.3, 0.4) is 0 Å². The minimum atomic E-state index is -0.353.